The van der Waals surface area contributed by atoms with Crippen LogP contribution in [0.1, 0.15) is 18.9 Å². The predicted octanol–water partition coefficient (Wildman–Crippen LogP) is 4.17. The summed E-state index contributed by atoms with van der Waals surface area (Å²) >= 11 is 0. The van der Waals surface area contributed by atoms with Crippen molar-refractivity contribution in [2.75, 3.05) is 12.4 Å². The summed E-state index contributed by atoms with van der Waals surface area (Å²) in [5.41, 5.74) is 1.99. The molecule has 0 aliphatic rings. The number of ether oxygens (including phenoxy) is 1. The highest BCUT2D eigenvalue weighted by Crippen LogP contribution is 2.24. The van der Waals surface area contributed by atoms with E-state index in [1.807, 2.05) is 66.7 Å². The molecule has 0 aromatic heterocycles. The second-order valence-electron chi connectivity index (χ2n) is 5.13. The van der Waals surface area contributed by atoms with Gasteiger partial charge in [-0.2, -0.15) is 0 Å². The van der Waals surface area contributed by atoms with Crippen LogP contribution in [0, 0.1) is 0 Å². The van der Waals surface area contributed by atoms with Gasteiger partial charge in [-0.05, 0) is 24.6 Å². The van der Waals surface area contributed by atoms with Crippen molar-refractivity contribution in [3.05, 3.63) is 66.2 Å². The fourth-order valence-corrected chi connectivity index (χ4v) is 2.23. The van der Waals surface area contributed by atoms with Gasteiger partial charge >= 0.3 is 0 Å². The lowest BCUT2D eigenvalue weighted by atomic mass is 10.1. The highest BCUT2D eigenvalue weighted by atomic mass is 16.5. The fraction of sp³-hybridized carbons (Fsp3) is 0.211. The number of benzene rings is 2. The number of nitrogens with one attached hydrogen (secondary N) is 1. The molecule has 1 atom stereocenters. The van der Waals surface area contributed by atoms with Crippen molar-refractivity contribution in [2.45, 2.75) is 19.4 Å². The number of carbonyl (C=O) groups excluding carboxylic acids is 1. The number of ketones is 1. The van der Waals surface area contributed by atoms with Crippen LogP contribution in [0.5, 0.6) is 5.75 Å². The third kappa shape index (κ3) is 4.77. The molecule has 2 rings (SSSR count). The molecule has 22 heavy (non-hydrogen) atoms. The van der Waals surface area contributed by atoms with Gasteiger partial charge < -0.3 is 10.1 Å². The Morgan fingerprint density at radius 2 is 1.82 bits per heavy atom. The fourth-order valence-electron chi connectivity index (χ4n) is 2.23. The Balaban J connectivity index is 2.15. The number of Topliss-reactive ketones (excluding diaryl/α,β-unsaturated/α-hetero) is 1. The van der Waals surface area contributed by atoms with Crippen molar-refractivity contribution >= 4 is 17.5 Å². The monoisotopic (exact) mass is 295 g/mol. The summed E-state index contributed by atoms with van der Waals surface area (Å²) in [5.74, 6) is 0.911. The first-order valence-electron chi connectivity index (χ1n) is 7.31. The molecule has 0 spiro atoms. The molecule has 0 heterocycles. The van der Waals surface area contributed by atoms with Crippen LogP contribution in [-0.2, 0) is 4.79 Å². The minimum absolute atomic E-state index is 0.0750. The average molecular weight is 295 g/mol. The van der Waals surface area contributed by atoms with E-state index in [1.54, 1.807) is 14.0 Å². The first-order chi connectivity index (χ1) is 10.7. The summed E-state index contributed by atoms with van der Waals surface area (Å²) in [7, 11) is 1.64. The van der Waals surface area contributed by atoms with Crippen LogP contribution in [0.25, 0.3) is 6.08 Å². The van der Waals surface area contributed by atoms with E-state index in [9.17, 15) is 4.79 Å². The van der Waals surface area contributed by atoms with E-state index >= 15 is 0 Å². The summed E-state index contributed by atoms with van der Waals surface area (Å²) in [5, 5.41) is 3.37. The molecule has 2 aromatic carbocycles. The highest BCUT2D eigenvalue weighted by Gasteiger charge is 2.10. The number of hydrogen-bond acceptors (Lipinski definition) is 3. The number of carbonyl (C=O) groups is 1. The summed E-state index contributed by atoms with van der Waals surface area (Å²) < 4.78 is 5.34. The second kappa shape index (κ2) is 8.03. The Morgan fingerprint density at radius 3 is 2.50 bits per heavy atom. The van der Waals surface area contributed by atoms with E-state index in [2.05, 4.69) is 5.32 Å². The number of rotatable bonds is 7. The standard InChI is InChI=1S/C19H21NO2/c1-15(21)14-17(13-12-16-8-4-3-5-9-16)20-18-10-6-7-11-19(18)22-2/h3-13,17,20H,14H2,1-2H3/b13-12+/t17-/m0/s1. The van der Waals surface area contributed by atoms with Crippen LogP contribution in [0.2, 0.25) is 0 Å². The van der Waals surface area contributed by atoms with E-state index in [0.29, 0.717) is 6.42 Å². The van der Waals surface area contributed by atoms with Crippen molar-refractivity contribution in [3.8, 4) is 5.75 Å². The van der Waals surface area contributed by atoms with E-state index in [1.165, 1.54) is 0 Å². The van der Waals surface area contributed by atoms with Crippen molar-refractivity contribution in [1.82, 2.24) is 0 Å². The van der Waals surface area contributed by atoms with E-state index < -0.39 is 0 Å². The SMILES string of the molecule is COc1ccccc1N[C@@H](/C=C/c1ccccc1)CC(C)=O. The Labute approximate surface area is 131 Å². The van der Waals surface area contributed by atoms with E-state index in [0.717, 1.165) is 17.0 Å². The first-order valence-corrected chi connectivity index (χ1v) is 7.31. The van der Waals surface area contributed by atoms with E-state index in [4.69, 9.17) is 4.74 Å². The zero-order chi connectivity index (χ0) is 15.8. The lowest BCUT2D eigenvalue weighted by molar-refractivity contribution is -0.117. The molecular formula is C19H21NO2. The molecule has 1 N–H and O–H groups in total. The number of para-hydroxylation sites is 2. The third-order valence-electron chi connectivity index (χ3n) is 3.28. The largest absolute Gasteiger partial charge is 0.495 e. The lowest BCUT2D eigenvalue weighted by Gasteiger charge is -2.17. The van der Waals surface area contributed by atoms with Gasteiger partial charge in [0, 0.05) is 6.42 Å². The third-order valence-corrected chi connectivity index (χ3v) is 3.28. The van der Waals surface area contributed by atoms with Crippen LogP contribution in [-0.4, -0.2) is 18.9 Å². The van der Waals surface area contributed by atoms with Crippen LogP contribution >= 0.6 is 0 Å². The van der Waals surface area contributed by atoms with Gasteiger partial charge in [0.05, 0.1) is 18.8 Å². The summed E-state index contributed by atoms with van der Waals surface area (Å²) in [6, 6.07) is 17.7. The van der Waals surface area contributed by atoms with Crippen LogP contribution < -0.4 is 10.1 Å². The van der Waals surface area contributed by atoms with Crippen LogP contribution in [0.15, 0.2) is 60.7 Å². The van der Waals surface area contributed by atoms with Gasteiger partial charge in [-0.15, -0.1) is 0 Å². The Morgan fingerprint density at radius 1 is 1.14 bits per heavy atom. The van der Waals surface area contributed by atoms with Crippen molar-refractivity contribution < 1.29 is 9.53 Å². The van der Waals surface area contributed by atoms with Gasteiger partial charge in [-0.1, -0.05) is 54.6 Å². The molecule has 0 amide bonds. The smallest absolute Gasteiger partial charge is 0.141 e. The topological polar surface area (TPSA) is 38.3 Å². The van der Waals surface area contributed by atoms with Gasteiger partial charge in [0.1, 0.15) is 11.5 Å². The molecule has 0 aliphatic heterocycles. The molecule has 0 saturated carbocycles. The minimum Gasteiger partial charge on any atom is -0.495 e. The zero-order valence-electron chi connectivity index (χ0n) is 13.0. The highest BCUT2D eigenvalue weighted by molar-refractivity contribution is 5.77. The minimum atomic E-state index is -0.0750. The molecule has 0 unspecified atom stereocenters. The van der Waals surface area contributed by atoms with Gasteiger partial charge in [0.2, 0.25) is 0 Å². The normalized spacial score (nSPS) is 12.1. The zero-order valence-corrected chi connectivity index (χ0v) is 13.0. The van der Waals surface area contributed by atoms with Crippen molar-refractivity contribution in [1.29, 1.82) is 0 Å². The summed E-state index contributed by atoms with van der Waals surface area (Å²) in [6.45, 7) is 1.60. The molecule has 114 valence electrons. The molecule has 2 aromatic rings. The molecule has 0 aliphatic carbocycles. The van der Waals surface area contributed by atoms with Gasteiger partial charge in [0.15, 0.2) is 0 Å². The molecule has 0 saturated heterocycles. The molecule has 0 radical (unpaired) electrons. The Kier molecular flexibility index (Phi) is 5.78. The molecule has 3 nitrogen and oxygen atoms in total. The molecular weight excluding hydrogens is 274 g/mol. The summed E-state index contributed by atoms with van der Waals surface area (Å²) in [6.07, 6.45) is 4.47. The summed E-state index contributed by atoms with van der Waals surface area (Å²) in [4.78, 5) is 11.5. The maximum absolute atomic E-state index is 11.5. The van der Waals surface area contributed by atoms with Crippen molar-refractivity contribution in [3.63, 3.8) is 0 Å². The van der Waals surface area contributed by atoms with Gasteiger partial charge in [-0.25, -0.2) is 0 Å². The maximum Gasteiger partial charge on any atom is 0.141 e. The number of anilines is 1. The predicted molar refractivity (Wildman–Crippen MR) is 91.2 cm³/mol. The van der Waals surface area contributed by atoms with Gasteiger partial charge in [-0.3, -0.25) is 4.79 Å². The maximum atomic E-state index is 11.5. The van der Waals surface area contributed by atoms with Crippen LogP contribution in [0.4, 0.5) is 5.69 Å². The average Bonchev–Trinajstić information content (AvgIpc) is 2.53. The Hall–Kier alpha value is -2.55. The van der Waals surface area contributed by atoms with Crippen LogP contribution in [0.3, 0.4) is 0 Å². The lowest BCUT2D eigenvalue weighted by Crippen LogP contribution is -2.20. The number of methoxy groups -OCH3 is 1. The Bertz CT molecular complexity index is 635. The quantitative estimate of drug-likeness (QED) is 0.833. The molecule has 3 heteroatoms. The molecule has 0 fully saturated rings. The molecule has 0 bridgehead atoms. The van der Waals surface area contributed by atoms with Gasteiger partial charge in [0.25, 0.3) is 0 Å². The number of hydrogen-bond donors (Lipinski definition) is 1. The second-order valence-corrected chi connectivity index (χ2v) is 5.13. The first kappa shape index (κ1) is 15.8. The van der Waals surface area contributed by atoms with Crippen molar-refractivity contribution in [2.24, 2.45) is 0 Å². The van der Waals surface area contributed by atoms with E-state index in [-0.39, 0.29) is 11.8 Å².